The summed E-state index contributed by atoms with van der Waals surface area (Å²) in [6, 6.07) is 11.3. The Morgan fingerprint density at radius 1 is 1.07 bits per heavy atom. The summed E-state index contributed by atoms with van der Waals surface area (Å²) < 4.78 is 18.7. The number of carbonyl (C=O) groups is 2. The van der Waals surface area contributed by atoms with Gasteiger partial charge < -0.3 is 9.64 Å². The third kappa shape index (κ3) is 5.78. The van der Waals surface area contributed by atoms with Crippen molar-refractivity contribution in [1.29, 1.82) is 0 Å². The Bertz CT molecular complexity index is 865. The maximum Gasteiger partial charge on any atom is 0.260 e. The Balaban J connectivity index is 1.44. The SMILES string of the molecule is CCC(=O)c1ccc(OCC(=O)N2CCN(Cc3ccc(F)cc3Cl)CC2)cc1. The number of hydrogen-bond acceptors (Lipinski definition) is 4. The van der Waals surface area contributed by atoms with Crippen molar-refractivity contribution in [3.63, 3.8) is 0 Å². The second-order valence-electron chi connectivity index (χ2n) is 6.98. The van der Waals surface area contributed by atoms with E-state index in [0.717, 1.165) is 5.56 Å². The van der Waals surface area contributed by atoms with E-state index in [1.165, 1.54) is 12.1 Å². The Labute approximate surface area is 175 Å². The van der Waals surface area contributed by atoms with Crippen LogP contribution in [0.4, 0.5) is 4.39 Å². The molecule has 1 saturated heterocycles. The van der Waals surface area contributed by atoms with E-state index >= 15 is 0 Å². The predicted molar refractivity (Wildman–Crippen MR) is 110 cm³/mol. The first-order valence-corrected chi connectivity index (χ1v) is 10.0. The summed E-state index contributed by atoms with van der Waals surface area (Å²) in [5, 5.41) is 0.420. The van der Waals surface area contributed by atoms with Crippen molar-refractivity contribution in [2.24, 2.45) is 0 Å². The molecule has 0 N–H and O–H groups in total. The molecule has 7 heteroatoms. The van der Waals surface area contributed by atoms with Gasteiger partial charge in [0.25, 0.3) is 5.91 Å². The number of Topliss-reactive ketones (excluding diaryl/α,β-unsaturated/α-hetero) is 1. The van der Waals surface area contributed by atoms with Crippen molar-refractivity contribution in [2.75, 3.05) is 32.8 Å². The number of benzene rings is 2. The minimum absolute atomic E-state index is 0.0368. The lowest BCUT2D eigenvalue weighted by atomic mass is 10.1. The van der Waals surface area contributed by atoms with Gasteiger partial charge in [-0.1, -0.05) is 24.6 Å². The molecular weight excluding hydrogens is 395 g/mol. The monoisotopic (exact) mass is 418 g/mol. The second kappa shape index (κ2) is 9.85. The predicted octanol–water partition coefficient (Wildman–Crippen LogP) is 3.80. The fourth-order valence-corrected chi connectivity index (χ4v) is 3.45. The van der Waals surface area contributed by atoms with Gasteiger partial charge in [-0.05, 0) is 42.0 Å². The number of carbonyl (C=O) groups excluding carboxylic acids is 2. The first-order chi connectivity index (χ1) is 14.0. The Morgan fingerprint density at radius 2 is 1.76 bits per heavy atom. The number of ketones is 1. The molecular formula is C22H24ClFN2O3. The van der Waals surface area contributed by atoms with Gasteiger partial charge in [-0.25, -0.2) is 4.39 Å². The Kier molecular flexibility index (Phi) is 7.23. The normalized spacial score (nSPS) is 14.7. The lowest BCUT2D eigenvalue weighted by Crippen LogP contribution is -2.49. The molecule has 3 rings (SSSR count). The highest BCUT2D eigenvalue weighted by Crippen LogP contribution is 2.20. The van der Waals surface area contributed by atoms with Crippen molar-refractivity contribution in [2.45, 2.75) is 19.9 Å². The number of hydrogen-bond donors (Lipinski definition) is 0. The summed E-state index contributed by atoms with van der Waals surface area (Å²) in [6.45, 7) is 5.04. The van der Waals surface area contributed by atoms with E-state index in [-0.39, 0.29) is 24.1 Å². The van der Waals surface area contributed by atoms with Crippen LogP contribution in [0.2, 0.25) is 5.02 Å². The van der Waals surface area contributed by atoms with E-state index in [4.69, 9.17) is 16.3 Å². The molecule has 5 nitrogen and oxygen atoms in total. The molecule has 1 aliphatic heterocycles. The van der Waals surface area contributed by atoms with Crippen molar-refractivity contribution in [3.05, 3.63) is 64.4 Å². The number of halogens is 2. The molecule has 0 bridgehead atoms. The second-order valence-corrected chi connectivity index (χ2v) is 7.39. The molecule has 1 heterocycles. The fourth-order valence-electron chi connectivity index (χ4n) is 3.22. The highest BCUT2D eigenvalue weighted by Gasteiger charge is 2.22. The molecule has 0 aromatic heterocycles. The van der Waals surface area contributed by atoms with E-state index in [9.17, 15) is 14.0 Å². The minimum Gasteiger partial charge on any atom is -0.484 e. The van der Waals surface area contributed by atoms with Gasteiger partial charge in [0.2, 0.25) is 0 Å². The van der Waals surface area contributed by atoms with Crippen molar-refractivity contribution in [1.82, 2.24) is 9.80 Å². The standard InChI is InChI=1S/C22H24ClFN2O3/c1-2-21(27)16-4-7-19(8-5-16)29-15-22(28)26-11-9-25(10-12-26)14-17-3-6-18(24)13-20(17)23/h3-8,13H,2,9-12,14-15H2,1H3. The highest BCUT2D eigenvalue weighted by molar-refractivity contribution is 6.31. The summed E-state index contributed by atoms with van der Waals surface area (Å²) in [5.74, 6) is 0.224. The number of ether oxygens (including phenoxy) is 1. The quantitative estimate of drug-likeness (QED) is 0.642. The smallest absolute Gasteiger partial charge is 0.260 e. The maximum absolute atomic E-state index is 13.2. The van der Waals surface area contributed by atoms with Crippen LogP contribution in [0, 0.1) is 5.82 Å². The van der Waals surface area contributed by atoms with E-state index in [1.807, 2.05) is 6.92 Å². The van der Waals surface area contributed by atoms with Crippen LogP contribution >= 0.6 is 11.6 Å². The topological polar surface area (TPSA) is 49.9 Å². The van der Waals surface area contributed by atoms with Gasteiger partial charge in [-0.3, -0.25) is 14.5 Å². The van der Waals surface area contributed by atoms with Gasteiger partial charge in [0.05, 0.1) is 0 Å². The van der Waals surface area contributed by atoms with Gasteiger partial charge in [0, 0.05) is 49.7 Å². The van der Waals surface area contributed by atoms with E-state index < -0.39 is 0 Å². The van der Waals surface area contributed by atoms with Crippen LogP contribution in [-0.4, -0.2) is 54.3 Å². The molecule has 0 aliphatic carbocycles. The van der Waals surface area contributed by atoms with Gasteiger partial charge in [-0.15, -0.1) is 0 Å². The summed E-state index contributed by atoms with van der Waals surface area (Å²) in [5.41, 5.74) is 1.52. The van der Waals surface area contributed by atoms with Crippen LogP contribution in [0.3, 0.4) is 0 Å². The van der Waals surface area contributed by atoms with Gasteiger partial charge in [0.15, 0.2) is 12.4 Å². The molecule has 2 aromatic carbocycles. The molecule has 0 unspecified atom stereocenters. The number of amides is 1. The lowest BCUT2D eigenvalue weighted by molar-refractivity contribution is -0.135. The number of rotatable bonds is 7. The third-order valence-electron chi connectivity index (χ3n) is 4.99. The van der Waals surface area contributed by atoms with Crippen LogP contribution in [0.15, 0.2) is 42.5 Å². The molecule has 29 heavy (non-hydrogen) atoms. The summed E-state index contributed by atoms with van der Waals surface area (Å²) in [7, 11) is 0. The summed E-state index contributed by atoms with van der Waals surface area (Å²) >= 11 is 6.10. The van der Waals surface area contributed by atoms with Crippen LogP contribution < -0.4 is 4.74 Å². The number of nitrogens with zero attached hydrogens (tertiary/aromatic N) is 2. The zero-order chi connectivity index (χ0) is 20.8. The van der Waals surface area contributed by atoms with Crippen LogP contribution in [0.25, 0.3) is 0 Å². The van der Waals surface area contributed by atoms with E-state index in [0.29, 0.717) is 55.5 Å². The van der Waals surface area contributed by atoms with Gasteiger partial charge in [-0.2, -0.15) is 0 Å². The average molecular weight is 419 g/mol. The summed E-state index contributed by atoms with van der Waals surface area (Å²) in [4.78, 5) is 28.0. The van der Waals surface area contributed by atoms with Crippen LogP contribution in [-0.2, 0) is 11.3 Å². The molecule has 1 fully saturated rings. The third-order valence-corrected chi connectivity index (χ3v) is 5.35. The Hall–Kier alpha value is -2.44. The molecule has 2 aromatic rings. The molecule has 0 saturated carbocycles. The molecule has 1 aliphatic rings. The Morgan fingerprint density at radius 3 is 2.38 bits per heavy atom. The molecule has 0 atom stereocenters. The van der Waals surface area contributed by atoms with Crippen LogP contribution in [0.5, 0.6) is 5.75 Å². The molecule has 154 valence electrons. The van der Waals surface area contributed by atoms with Crippen molar-refractivity contribution >= 4 is 23.3 Å². The summed E-state index contributed by atoms with van der Waals surface area (Å²) in [6.07, 6.45) is 0.456. The van der Waals surface area contributed by atoms with E-state index in [1.54, 1.807) is 35.2 Å². The van der Waals surface area contributed by atoms with Crippen molar-refractivity contribution < 1.29 is 18.7 Å². The van der Waals surface area contributed by atoms with Gasteiger partial charge >= 0.3 is 0 Å². The van der Waals surface area contributed by atoms with Gasteiger partial charge in [0.1, 0.15) is 11.6 Å². The molecule has 1 amide bonds. The fraction of sp³-hybridized carbons (Fsp3) is 0.364. The largest absolute Gasteiger partial charge is 0.484 e. The average Bonchev–Trinajstić information content (AvgIpc) is 2.74. The minimum atomic E-state index is -0.347. The van der Waals surface area contributed by atoms with Crippen LogP contribution in [0.1, 0.15) is 29.3 Å². The first kappa shape index (κ1) is 21.3. The lowest BCUT2D eigenvalue weighted by Gasteiger charge is -2.34. The maximum atomic E-state index is 13.2. The molecule has 0 spiro atoms. The van der Waals surface area contributed by atoms with Crippen molar-refractivity contribution in [3.8, 4) is 5.75 Å². The van der Waals surface area contributed by atoms with E-state index in [2.05, 4.69) is 4.90 Å². The zero-order valence-corrected chi connectivity index (χ0v) is 17.1. The highest BCUT2D eigenvalue weighted by atomic mass is 35.5. The first-order valence-electron chi connectivity index (χ1n) is 9.66. The molecule has 0 radical (unpaired) electrons. The zero-order valence-electron chi connectivity index (χ0n) is 16.4. The number of piperazine rings is 1.